The fraction of sp³-hybridized carbons (Fsp3) is 0. The molecule has 0 saturated carbocycles. The largest absolute Gasteiger partial charge is 0.492 e. The number of anilines is 2. The number of nitrogen functional groups attached to an aromatic ring is 2. The second-order valence-electron chi connectivity index (χ2n) is 2.54. The highest BCUT2D eigenvalue weighted by Crippen LogP contribution is 2.23. The lowest BCUT2D eigenvalue weighted by atomic mass is 10.5. The first kappa shape index (κ1) is 20.3. The summed E-state index contributed by atoms with van der Waals surface area (Å²) in [5.74, 6) is -0.644. The number of nitrogens with two attached hydrogens (primary N) is 2. The van der Waals surface area contributed by atoms with Crippen molar-refractivity contribution >= 4 is 32.3 Å². The maximum atomic E-state index is 8.76. The predicted molar refractivity (Wildman–Crippen MR) is 62.5 cm³/mol. The number of hydrogen-bond donors (Lipinski definition) is 8. The van der Waals surface area contributed by atoms with Gasteiger partial charge in [-0.2, -0.15) is 26.8 Å². The van der Waals surface area contributed by atoms with E-state index in [1.165, 1.54) is 0 Å². The van der Waals surface area contributed by atoms with Gasteiger partial charge in [-0.3, -0.25) is 18.2 Å². The fourth-order valence-electron chi connectivity index (χ4n) is 0.462. The van der Waals surface area contributed by atoms with Gasteiger partial charge in [0.2, 0.25) is 5.88 Å². The smallest absolute Gasteiger partial charge is 0.394 e. The van der Waals surface area contributed by atoms with Gasteiger partial charge in [-0.1, -0.05) is 0 Å². The molecule has 1 rings (SSSR count). The molecule has 0 aromatic carbocycles. The molecule has 0 aliphatic carbocycles. The Morgan fingerprint density at radius 3 is 1.35 bits per heavy atom. The van der Waals surface area contributed by atoms with Gasteiger partial charge in [0.1, 0.15) is 5.69 Å². The number of hydrogen-bond acceptors (Lipinski definition) is 10. The van der Waals surface area contributed by atoms with Gasteiger partial charge in [-0.15, -0.1) is 0 Å². The lowest BCUT2D eigenvalue weighted by Gasteiger charge is -1.99. The Balaban J connectivity index is 0. The third-order valence-electron chi connectivity index (χ3n) is 0.943. The van der Waals surface area contributed by atoms with E-state index in [0.717, 1.165) is 0 Å². The van der Waals surface area contributed by atoms with Gasteiger partial charge in [0.05, 0.1) is 0 Å². The Morgan fingerprint density at radius 1 is 0.800 bits per heavy atom. The maximum absolute atomic E-state index is 8.76. The minimum atomic E-state index is -4.67. The van der Waals surface area contributed by atoms with Crippen molar-refractivity contribution in [1.82, 2.24) is 9.97 Å². The normalized spacial score (nSPS) is 10.6. The Morgan fingerprint density at radius 2 is 1.10 bits per heavy atom. The van der Waals surface area contributed by atoms with E-state index < -0.39 is 32.7 Å². The summed E-state index contributed by atoms with van der Waals surface area (Å²) in [6, 6.07) is -0.593. The SMILES string of the molecule is Nc1nc(O)nc(O)c1N.O=S(=O)(O)O.O=S(=O)(O)O. The molecular weight excluding hydrogens is 328 g/mol. The van der Waals surface area contributed by atoms with Crippen LogP contribution in [0.15, 0.2) is 0 Å². The van der Waals surface area contributed by atoms with Crippen LogP contribution in [0.1, 0.15) is 0 Å². The van der Waals surface area contributed by atoms with Crippen molar-refractivity contribution in [2.45, 2.75) is 0 Å². The van der Waals surface area contributed by atoms with Crippen LogP contribution in [-0.4, -0.2) is 55.2 Å². The summed E-state index contributed by atoms with van der Waals surface area (Å²) in [4.78, 5) is 6.40. The zero-order chi connectivity index (χ0) is 16.7. The second-order valence-corrected chi connectivity index (χ2v) is 4.33. The molecule has 0 spiro atoms. The van der Waals surface area contributed by atoms with Crippen molar-refractivity contribution in [3.63, 3.8) is 0 Å². The molecule has 0 aliphatic rings. The van der Waals surface area contributed by atoms with Crippen LogP contribution in [0.2, 0.25) is 0 Å². The van der Waals surface area contributed by atoms with Crippen LogP contribution in [0.5, 0.6) is 11.9 Å². The monoisotopic (exact) mass is 338 g/mol. The summed E-state index contributed by atoms with van der Waals surface area (Å²) < 4.78 is 63.2. The Kier molecular flexibility index (Phi) is 7.70. The molecule has 0 aliphatic heterocycles. The fourth-order valence-corrected chi connectivity index (χ4v) is 0.462. The van der Waals surface area contributed by atoms with Crippen LogP contribution in [0.4, 0.5) is 11.5 Å². The molecule has 1 aromatic rings. The van der Waals surface area contributed by atoms with Crippen molar-refractivity contribution in [1.29, 1.82) is 0 Å². The van der Waals surface area contributed by atoms with E-state index in [4.69, 9.17) is 56.7 Å². The van der Waals surface area contributed by atoms with E-state index in [9.17, 15) is 0 Å². The molecule has 118 valence electrons. The van der Waals surface area contributed by atoms with E-state index in [1.54, 1.807) is 0 Å². The van der Waals surface area contributed by atoms with Crippen LogP contribution in [0.3, 0.4) is 0 Å². The van der Waals surface area contributed by atoms with E-state index in [2.05, 4.69) is 9.97 Å². The molecule has 16 heteroatoms. The lowest BCUT2D eigenvalue weighted by Crippen LogP contribution is -1.99. The van der Waals surface area contributed by atoms with Crippen LogP contribution in [0.25, 0.3) is 0 Å². The standard InChI is InChI=1S/C4H6N4O2.2H2O4S/c5-1-2(6)7-4(10)8-3(1)9;2*1-5(2,3)4/h5H2,(H4,6,7,8,9,10);2*(H2,1,2,3,4). The molecule has 0 unspecified atom stereocenters. The minimum absolute atomic E-state index is 0.127. The summed E-state index contributed by atoms with van der Waals surface area (Å²) in [6.07, 6.45) is 0. The maximum Gasteiger partial charge on any atom is 0.394 e. The summed E-state index contributed by atoms with van der Waals surface area (Å²) in [7, 11) is -9.33. The number of aromatic hydroxyl groups is 2. The molecule has 20 heavy (non-hydrogen) atoms. The number of rotatable bonds is 0. The summed E-state index contributed by atoms with van der Waals surface area (Å²) >= 11 is 0. The van der Waals surface area contributed by atoms with Gasteiger partial charge in [0.25, 0.3) is 0 Å². The molecule has 0 bridgehead atoms. The van der Waals surface area contributed by atoms with E-state index in [1.807, 2.05) is 0 Å². The van der Waals surface area contributed by atoms with Crippen LogP contribution in [0, 0.1) is 0 Å². The Labute approximate surface area is 111 Å². The zero-order valence-corrected chi connectivity index (χ0v) is 10.8. The van der Waals surface area contributed by atoms with Gasteiger partial charge in [-0.25, -0.2) is 0 Å². The summed E-state index contributed by atoms with van der Waals surface area (Å²) in [5.41, 5.74) is 10.1. The van der Waals surface area contributed by atoms with Crippen molar-refractivity contribution in [2.24, 2.45) is 0 Å². The third-order valence-corrected chi connectivity index (χ3v) is 0.943. The lowest BCUT2D eigenvalue weighted by molar-refractivity contribution is 0.378. The predicted octanol–water partition coefficient (Wildman–Crippen LogP) is -2.25. The molecule has 0 atom stereocenters. The van der Waals surface area contributed by atoms with E-state index in [-0.39, 0.29) is 11.5 Å². The molecule has 1 heterocycles. The highest BCUT2D eigenvalue weighted by Gasteiger charge is 2.05. The van der Waals surface area contributed by atoms with Gasteiger partial charge in [0, 0.05) is 0 Å². The minimum Gasteiger partial charge on any atom is -0.492 e. The van der Waals surface area contributed by atoms with Crippen LogP contribution in [-0.2, 0) is 20.8 Å². The average Bonchev–Trinajstić information content (AvgIpc) is 2.08. The van der Waals surface area contributed by atoms with Gasteiger partial charge in [0.15, 0.2) is 5.82 Å². The molecule has 10 N–H and O–H groups in total. The molecule has 14 nitrogen and oxygen atoms in total. The van der Waals surface area contributed by atoms with Crippen molar-refractivity contribution < 1.29 is 45.3 Å². The van der Waals surface area contributed by atoms with Crippen molar-refractivity contribution in [3.8, 4) is 11.9 Å². The number of aromatic nitrogens is 2. The second kappa shape index (κ2) is 7.57. The topological polar surface area (TPSA) is 267 Å². The third kappa shape index (κ3) is 18.4. The quantitative estimate of drug-likeness (QED) is 0.232. The van der Waals surface area contributed by atoms with Crippen LogP contribution >= 0.6 is 0 Å². The Hall–Kier alpha value is -1.98. The molecule has 0 fully saturated rings. The van der Waals surface area contributed by atoms with Crippen molar-refractivity contribution in [3.05, 3.63) is 0 Å². The highest BCUT2D eigenvalue weighted by molar-refractivity contribution is 7.80. The van der Waals surface area contributed by atoms with Crippen molar-refractivity contribution in [2.75, 3.05) is 11.5 Å². The Bertz CT molecular complexity index is 570. The molecule has 0 radical (unpaired) electrons. The first-order valence-corrected chi connectivity index (χ1v) is 6.61. The van der Waals surface area contributed by atoms with Gasteiger partial charge >= 0.3 is 26.8 Å². The van der Waals surface area contributed by atoms with E-state index >= 15 is 0 Å². The number of nitrogens with zero attached hydrogens (tertiary/aromatic N) is 2. The molecule has 0 saturated heterocycles. The average molecular weight is 338 g/mol. The summed E-state index contributed by atoms with van der Waals surface area (Å²) in [6.45, 7) is 0. The molecule has 1 aromatic heterocycles. The van der Waals surface area contributed by atoms with E-state index in [0.29, 0.717) is 0 Å². The van der Waals surface area contributed by atoms with Crippen LogP contribution < -0.4 is 11.5 Å². The summed E-state index contributed by atoms with van der Waals surface area (Å²) in [5, 5.41) is 17.4. The van der Waals surface area contributed by atoms with Gasteiger partial charge < -0.3 is 21.7 Å². The first-order chi connectivity index (χ1) is 8.61. The van der Waals surface area contributed by atoms with Gasteiger partial charge in [-0.05, 0) is 0 Å². The molecular formula is C4H10N4O10S2. The highest BCUT2D eigenvalue weighted by atomic mass is 32.3. The first-order valence-electron chi connectivity index (χ1n) is 3.82. The zero-order valence-electron chi connectivity index (χ0n) is 9.18. The molecule has 0 amide bonds.